The van der Waals surface area contributed by atoms with Gasteiger partial charge in [-0.1, -0.05) is 35.9 Å². The van der Waals surface area contributed by atoms with Crippen molar-refractivity contribution in [1.29, 1.82) is 0 Å². The molecule has 3 aromatic rings. The van der Waals surface area contributed by atoms with E-state index in [1.165, 1.54) is 6.20 Å². The minimum Gasteiger partial charge on any atom is -0.324 e. The van der Waals surface area contributed by atoms with E-state index in [4.69, 9.17) is 11.6 Å². The lowest BCUT2D eigenvalue weighted by Gasteiger charge is -2.07. The maximum atomic E-state index is 12.3. The summed E-state index contributed by atoms with van der Waals surface area (Å²) in [6, 6.07) is 18.0. The molecule has 114 valence electrons. The van der Waals surface area contributed by atoms with E-state index >= 15 is 0 Å². The number of benzene rings is 2. The molecule has 1 heterocycles. The highest BCUT2D eigenvalue weighted by molar-refractivity contribution is 6.30. The van der Waals surface area contributed by atoms with Gasteiger partial charge in [0, 0.05) is 22.6 Å². The smallest absolute Gasteiger partial charge is 0.274 e. The van der Waals surface area contributed by atoms with E-state index in [9.17, 15) is 4.79 Å². The Balaban J connectivity index is 1.75. The molecular formula is C17H13ClN4O. The van der Waals surface area contributed by atoms with Crippen molar-refractivity contribution in [3.8, 4) is 0 Å². The highest BCUT2D eigenvalue weighted by Crippen LogP contribution is 2.16. The van der Waals surface area contributed by atoms with Gasteiger partial charge in [0.2, 0.25) is 5.95 Å². The number of hydrogen-bond acceptors (Lipinski definition) is 4. The number of anilines is 3. The summed E-state index contributed by atoms with van der Waals surface area (Å²) in [6.07, 6.45) is 1.53. The molecule has 0 atom stereocenters. The predicted molar refractivity (Wildman–Crippen MR) is 91.2 cm³/mol. The minimum atomic E-state index is -0.328. The third kappa shape index (κ3) is 4.05. The number of nitrogens with one attached hydrogen (secondary N) is 2. The Bertz CT molecular complexity index is 824. The van der Waals surface area contributed by atoms with Crippen LogP contribution in [0.15, 0.2) is 66.9 Å². The van der Waals surface area contributed by atoms with Gasteiger partial charge < -0.3 is 10.6 Å². The monoisotopic (exact) mass is 324 g/mol. The second kappa shape index (κ2) is 6.89. The van der Waals surface area contributed by atoms with Crippen molar-refractivity contribution in [2.75, 3.05) is 10.6 Å². The summed E-state index contributed by atoms with van der Waals surface area (Å²) >= 11 is 5.90. The molecule has 2 aromatic carbocycles. The number of rotatable bonds is 4. The highest BCUT2D eigenvalue weighted by Gasteiger charge is 2.09. The number of nitrogens with zero attached hydrogens (tertiary/aromatic N) is 2. The lowest BCUT2D eigenvalue weighted by atomic mass is 10.3. The second-order valence-electron chi connectivity index (χ2n) is 4.72. The topological polar surface area (TPSA) is 66.9 Å². The molecule has 0 saturated carbocycles. The Hall–Kier alpha value is -2.92. The molecule has 3 rings (SSSR count). The zero-order chi connectivity index (χ0) is 16.1. The molecule has 6 heteroatoms. The van der Waals surface area contributed by atoms with Crippen LogP contribution in [0.25, 0.3) is 0 Å². The molecule has 0 saturated heterocycles. The van der Waals surface area contributed by atoms with Crippen LogP contribution >= 0.6 is 11.6 Å². The van der Waals surface area contributed by atoms with Crippen molar-refractivity contribution in [3.63, 3.8) is 0 Å². The first-order chi connectivity index (χ1) is 11.2. The van der Waals surface area contributed by atoms with E-state index in [0.29, 0.717) is 16.7 Å². The quantitative estimate of drug-likeness (QED) is 0.757. The Kier molecular flexibility index (Phi) is 4.49. The third-order valence-electron chi connectivity index (χ3n) is 3.00. The van der Waals surface area contributed by atoms with E-state index in [0.717, 1.165) is 5.69 Å². The normalized spacial score (nSPS) is 10.1. The Morgan fingerprint density at radius 2 is 1.74 bits per heavy atom. The number of aromatic nitrogens is 2. The average Bonchev–Trinajstić information content (AvgIpc) is 2.56. The van der Waals surface area contributed by atoms with E-state index in [1.54, 1.807) is 30.3 Å². The molecule has 0 radical (unpaired) electrons. The fourth-order valence-electron chi connectivity index (χ4n) is 1.96. The molecule has 0 aliphatic carbocycles. The van der Waals surface area contributed by atoms with Crippen molar-refractivity contribution in [1.82, 2.24) is 9.97 Å². The summed E-state index contributed by atoms with van der Waals surface area (Å²) in [5, 5.41) is 6.35. The fraction of sp³-hybridized carbons (Fsp3) is 0. The SMILES string of the molecule is O=C(Nc1cccc(Cl)c1)c1ccnc(Nc2ccccc2)n1. The molecule has 2 N–H and O–H groups in total. The first-order valence-electron chi connectivity index (χ1n) is 6.93. The average molecular weight is 325 g/mol. The minimum absolute atomic E-state index is 0.262. The van der Waals surface area contributed by atoms with Crippen LogP contribution in [-0.4, -0.2) is 15.9 Å². The van der Waals surface area contributed by atoms with Gasteiger partial charge in [-0.25, -0.2) is 9.97 Å². The first kappa shape index (κ1) is 15.0. The van der Waals surface area contributed by atoms with Gasteiger partial charge in [0.1, 0.15) is 5.69 Å². The number of amides is 1. The van der Waals surface area contributed by atoms with Gasteiger partial charge in [-0.3, -0.25) is 4.79 Å². The summed E-state index contributed by atoms with van der Waals surface area (Å²) in [6.45, 7) is 0. The van der Waals surface area contributed by atoms with Crippen LogP contribution < -0.4 is 10.6 Å². The summed E-state index contributed by atoms with van der Waals surface area (Å²) < 4.78 is 0. The molecule has 0 aliphatic rings. The van der Waals surface area contributed by atoms with Crippen molar-refractivity contribution >= 4 is 34.8 Å². The van der Waals surface area contributed by atoms with E-state index < -0.39 is 0 Å². The molecule has 0 spiro atoms. The molecule has 0 bridgehead atoms. The Morgan fingerprint density at radius 3 is 2.52 bits per heavy atom. The van der Waals surface area contributed by atoms with Crippen LogP contribution in [-0.2, 0) is 0 Å². The number of hydrogen-bond donors (Lipinski definition) is 2. The lowest BCUT2D eigenvalue weighted by Crippen LogP contribution is -2.14. The molecular weight excluding hydrogens is 312 g/mol. The molecule has 0 aliphatic heterocycles. The predicted octanol–water partition coefficient (Wildman–Crippen LogP) is 4.13. The Morgan fingerprint density at radius 1 is 0.957 bits per heavy atom. The van der Waals surface area contributed by atoms with Gasteiger partial charge >= 0.3 is 0 Å². The molecule has 0 unspecified atom stereocenters. The van der Waals surface area contributed by atoms with E-state index in [-0.39, 0.29) is 11.6 Å². The second-order valence-corrected chi connectivity index (χ2v) is 5.16. The molecule has 0 fully saturated rings. The molecule has 1 aromatic heterocycles. The maximum absolute atomic E-state index is 12.3. The summed E-state index contributed by atoms with van der Waals surface area (Å²) in [4.78, 5) is 20.6. The van der Waals surface area contributed by atoms with Gasteiger partial charge in [0.05, 0.1) is 0 Å². The third-order valence-corrected chi connectivity index (χ3v) is 3.24. The summed E-state index contributed by atoms with van der Waals surface area (Å²) in [7, 11) is 0. The molecule has 5 nitrogen and oxygen atoms in total. The van der Waals surface area contributed by atoms with E-state index in [1.807, 2.05) is 30.3 Å². The fourth-order valence-corrected chi connectivity index (χ4v) is 2.15. The van der Waals surface area contributed by atoms with Gasteiger partial charge in [-0.15, -0.1) is 0 Å². The van der Waals surface area contributed by atoms with Crippen LogP contribution in [0.2, 0.25) is 5.02 Å². The van der Waals surface area contributed by atoms with Crippen molar-refractivity contribution in [2.24, 2.45) is 0 Å². The van der Waals surface area contributed by atoms with Crippen LogP contribution in [0.4, 0.5) is 17.3 Å². The van der Waals surface area contributed by atoms with Gasteiger partial charge in [-0.2, -0.15) is 0 Å². The number of para-hydroxylation sites is 1. The zero-order valence-electron chi connectivity index (χ0n) is 12.0. The maximum Gasteiger partial charge on any atom is 0.274 e. The number of carbonyl (C=O) groups is 1. The number of carbonyl (C=O) groups excluding carboxylic acids is 1. The van der Waals surface area contributed by atoms with Crippen LogP contribution in [0.3, 0.4) is 0 Å². The van der Waals surface area contributed by atoms with E-state index in [2.05, 4.69) is 20.6 Å². The zero-order valence-corrected chi connectivity index (χ0v) is 12.8. The standard InChI is InChI=1S/C17H13ClN4O/c18-12-5-4-8-14(11-12)20-16(23)15-9-10-19-17(22-15)21-13-6-2-1-3-7-13/h1-11H,(H,20,23)(H,19,21,22). The summed E-state index contributed by atoms with van der Waals surface area (Å²) in [5.41, 5.74) is 1.72. The Labute approximate surface area is 138 Å². The lowest BCUT2D eigenvalue weighted by molar-refractivity contribution is 0.102. The van der Waals surface area contributed by atoms with Crippen molar-refractivity contribution < 1.29 is 4.79 Å². The summed E-state index contributed by atoms with van der Waals surface area (Å²) in [5.74, 6) is 0.0284. The molecule has 23 heavy (non-hydrogen) atoms. The van der Waals surface area contributed by atoms with Gasteiger partial charge in [0.25, 0.3) is 5.91 Å². The van der Waals surface area contributed by atoms with Crippen LogP contribution in [0.5, 0.6) is 0 Å². The van der Waals surface area contributed by atoms with Gasteiger partial charge in [0.15, 0.2) is 0 Å². The van der Waals surface area contributed by atoms with Gasteiger partial charge in [-0.05, 0) is 36.4 Å². The van der Waals surface area contributed by atoms with Crippen LogP contribution in [0, 0.1) is 0 Å². The first-order valence-corrected chi connectivity index (χ1v) is 7.30. The number of halogens is 1. The van der Waals surface area contributed by atoms with Crippen LogP contribution in [0.1, 0.15) is 10.5 Å². The highest BCUT2D eigenvalue weighted by atomic mass is 35.5. The molecule has 1 amide bonds. The van der Waals surface area contributed by atoms with Crippen molar-refractivity contribution in [2.45, 2.75) is 0 Å². The largest absolute Gasteiger partial charge is 0.324 e. The van der Waals surface area contributed by atoms with Crippen molar-refractivity contribution in [3.05, 3.63) is 77.6 Å².